The van der Waals surface area contributed by atoms with E-state index in [1.54, 1.807) is 11.8 Å². The van der Waals surface area contributed by atoms with Gasteiger partial charge in [-0.15, -0.1) is 11.8 Å². The summed E-state index contributed by atoms with van der Waals surface area (Å²) in [6, 6.07) is 13.1. The van der Waals surface area contributed by atoms with Gasteiger partial charge in [0.2, 0.25) is 0 Å². The van der Waals surface area contributed by atoms with Gasteiger partial charge >= 0.3 is 0 Å². The third-order valence-corrected chi connectivity index (χ3v) is 5.63. The Morgan fingerprint density at radius 2 is 1.95 bits per heavy atom. The average molecular weight is 313 g/mol. The average Bonchev–Trinajstić information content (AvgIpc) is 3.31. The maximum Gasteiger partial charge on any atom is 0.174 e. The Labute approximate surface area is 136 Å². The minimum absolute atomic E-state index is 0.257. The van der Waals surface area contributed by atoms with E-state index in [1.165, 1.54) is 24.1 Å². The van der Waals surface area contributed by atoms with Crippen LogP contribution in [-0.2, 0) is 0 Å². The molecule has 0 radical (unpaired) electrons. The van der Waals surface area contributed by atoms with Crippen LogP contribution in [0, 0.1) is 13.8 Å². The first-order chi connectivity index (χ1) is 10.6. The summed E-state index contributed by atoms with van der Waals surface area (Å²) in [7, 11) is 0. The number of carbonyl (C=O) groups is 1. The predicted molar refractivity (Wildman–Crippen MR) is 93.8 cm³/mol. The number of Topliss-reactive ketones (excluding diaryl/α,β-unsaturated/α-hetero) is 1. The molecule has 0 spiro atoms. The molecule has 116 valence electrons. The number of thioether (sulfide) groups is 1. The van der Waals surface area contributed by atoms with Crippen molar-refractivity contribution in [3.05, 3.63) is 58.9 Å². The second-order valence-electron chi connectivity index (χ2n) is 6.17. The Balaban J connectivity index is 1.66. The fraction of sp³-hybridized carbons (Fsp3) is 0.421. The first-order valence-electron chi connectivity index (χ1n) is 7.96. The Morgan fingerprint density at radius 1 is 1.27 bits per heavy atom. The zero-order valence-corrected chi connectivity index (χ0v) is 14.3. The van der Waals surface area contributed by atoms with Crippen LogP contribution < -0.4 is 0 Å². The first-order valence-corrected chi connectivity index (χ1v) is 9.01. The first kappa shape index (κ1) is 15.4. The molecule has 2 nitrogen and oxygen atoms in total. The predicted octanol–water partition coefficient (Wildman–Crippen LogP) is 5.12. The van der Waals surface area contributed by atoms with Crippen molar-refractivity contribution in [2.24, 2.45) is 0 Å². The van der Waals surface area contributed by atoms with E-state index in [9.17, 15) is 4.79 Å². The summed E-state index contributed by atoms with van der Waals surface area (Å²) in [4.78, 5) is 12.6. The highest BCUT2D eigenvalue weighted by molar-refractivity contribution is 8.00. The molecule has 1 atom stereocenters. The molecule has 1 unspecified atom stereocenters. The zero-order valence-electron chi connectivity index (χ0n) is 13.5. The monoisotopic (exact) mass is 313 g/mol. The Kier molecular flexibility index (Phi) is 4.44. The zero-order chi connectivity index (χ0) is 15.7. The summed E-state index contributed by atoms with van der Waals surface area (Å²) in [5, 5.41) is 0.345. The molecule has 0 aliphatic heterocycles. The highest BCUT2D eigenvalue weighted by atomic mass is 32.2. The lowest BCUT2D eigenvalue weighted by molar-refractivity contribution is 0.102. The largest absolute Gasteiger partial charge is 0.345 e. The Morgan fingerprint density at radius 3 is 2.59 bits per heavy atom. The van der Waals surface area contributed by atoms with E-state index in [-0.39, 0.29) is 5.78 Å². The summed E-state index contributed by atoms with van der Waals surface area (Å²) in [6.45, 7) is 6.37. The molecule has 1 aliphatic rings. The molecule has 3 rings (SSSR count). The van der Waals surface area contributed by atoms with Crippen molar-refractivity contribution in [1.29, 1.82) is 0 Å². The van der Waals surface area contributed by atoms with E-state index < -0.39 is 0 Å². The van der Waals surface area contributed by atoms with E-state index >= 15 is 0 Å². The molecule has 0 N–H and O–H groups in total. The Hall–Kier alpha value is -1.48. The van der Waals surface area contributed by atoms with Crippen molar-refractivity contribution in [1.82, 2.24) is 4.57 Å². The van der Waals surface area contributed by atoms with Crippen molar-refractivity contribution in [3.8, 4) is 0 Å². The number of aromatic nitrogens is 1. The lowest BCUT2D eigenvalue weighted by Gasteiger charge is -2.11. The third-order valence-electron chi connectivity index (χ3n) is 4.43. The molecule has 0 amide bonds. The van der Waals surface area contributed by atoms with E-state index in [4.69, 9.17) is 0 Å². The van der Waals surface area contributed by atoms with Gasteiger partial charge in [0, 0.05) is 28.2 Å². The lowest BCUT2D eigenvalue weighted by Crippen LogP contribution is -2.06. The molecule has 1 aromatic heterocycles. The fourth-order valence-electron chi connectivity index (χ4n) is 3.05. The molecule has 0 bridgehead atoms. The van der Waals surface area contributed by atoms with Crippen molar-refractivity contribution < 1.29 is 4.79 Å². The van der Waals surface area contributed by atoms with E-state index in [1.807, 2.05) is 6.07 Å². The van der Waals surface area contributed by atoms with Crippen LogP contribution >= 0.6 is 11.8 Å². The molecule has 2 aromatic rings. The standard InChI is InChI=1S/C19H23NOS/c1-13-11-18(14(2)20(13)17-9-10-17)19(21)12-22-15(3)16-7-5-4-6-8-16/h4-8,11,15,17H,9-10,12H2,1-3H3. The van der Waals surface area contributed by atoms with Crippen LogP contribution in [0.5, 0.6) is 0 Å². The highest BCUT2D eigenvalue weighted by Gasteiger charge is 2.28. The molecule has 1 saturated carbocycles. The smallest absolute Gasteiger partial charge is 0.174 e. The molecule has 1 aromatic carbocycles. The number of benzene rings is 1. The Bertz CT molecular complexity index is 670. The van der Waals surface area contributed by atoms with E-state index in [0.717, 1.165) is 11.3 Å². The van der Waals surface area contributed by atoms with Crippen molar-refractivity contribution in [3.63, 3.8) is 0 Å². The number of aryl methyl sites for hydroxylation is 1. The van der Waals surface area contributed by atoms with Crippen molar-refractivity contribution in [2.45, 2.75) is 44.9 Å². The molecule has 1 heterocycles. The molecule has 1 aliphatic carbocycles. The van der Waals surface area contributed by atoms with Gasteiger partial charge in [-0.25, -0.2) is 0 Å². The molecular weight excluding hydrogens is 290 g/mol. The van der Waals surface area contributed by atoms with Crippen LogP contribution in [0.3, 0.4) is 0 Å². The molecule has 1 fully saturated rings. The number of nitrogens with zero attached hydrogens (tertiary/aromatic N) is 1. The summed E-state index contributed by atoms with van der Waals surface area (Å²) in [6.07, 6.45) is 2.51. The summed E-state index contributed by atoms with van der Waals surface area (Å²) >= 11 is 1.72. The molecule has 0 saturated heterocycles. The summed E-state index contributed by atoms with van der Waals surface area (Å²) < 4.78 is 2.35. The number of hydrogen-bond acceptors (Lipinski definition) is 2. The molecular formula is C19H23NOS. The number of hydrogen-bond donors (Lipinski definition) is 0. The van der Waals surface area contributed by atoms with Gasteiger partial charge < -0.3 is 4.57 Å². The highest BCUT2D eigenvalue weighted by Crippen LogP contribution is 2.38. The van der Waals surface area contributed by atoms with Gasteiger partial charge in [-0.3, -0.25) is 4.79 Å². The van der Waals surface area contributed by atoms with Crippen LogP contribution in [-0.4, -0.2) is 16.1 Å². The SMILES string of the molecule is Cc1cc(C(=O)CSC(C)c2ccccc2)c(C)n1C1CC1. The van der Waals surface area contributed by atoms with Crippen LogP contribution in [0.15, 0.2) is 36.4 Å². The van der Waals surface area contributed by atoms with Gasteiger partial charge in [0.25, 0.3) is 0 Å². The van der Waals surface area contributed by atoms with Crippen LogP contribution in [0.25, 0.3) is 0 Å². The number of carbonyl (C=O) groups excluding carboxylic acids is 1. The van der Waals surface area contributed by atoms with Gasteiger partial charge in [-0.1, -0.05) is 30.3 Å². The van der Waals surface area contributed by atoms with Crippen LogP contribution in [0.1, 0.15) is 58.4 Å². The van der Waals surface area contributed by atoms with Crippen LogP contribution in [0.2, 0.25) is 0 Å². The van der Waals surface area contributed by atoms with E-state index in [2.05, 4.69) is 55.7 Å². The van der Waals surface area contributed by atoms with Gasteiger partial charge in [-0.2, -0.15) is 0 Å². The summed E-state index contributed by atoms with van der Waals surface area (Å²) in [5.41, 5.74) is 4.57. The normalized spacial score (nSPS) is 15.8. The van der Waals surface area contributed by atoms with Crippen molar-refractivity contribution >= 4 is 17.5 Å². The molecule has 22 heavy (non-hydrogen) atoms. The van der Waals surface area contributed by atoms with Gasteiger partial charge in [0.15, 0.2) is 5.78 Å². The second-order valence-corrected chi connectivity index (χ2v) is 7.50. The second kappa shape index (κ2) is 6.33. The molecule has 3 heteroatoms. The van der Waals surface area contributed by atoms with Crippen LogP contribution in [0.4, 0.5) is 0 Å². The number of ketones is 1. The van der Waals surface area contributed by atoms with Crippen molar-refractivity contribution in [2.75, 3.05) is 5.75 Å². The van der Waals surface area contributed by atoms with Gasteiger partial charge in [0.1, 0.15) is 0 Å². The third kappa shape index (κ3) is 3.14. The quantitative estimate of drug-likeness (QED) is 0.691. The maximum atomic E-state index is 12.6. The fourth-order valence-corrected chi connectivity index (χ4v) is 3.96. The topological polar surface area (TPSA) is 22.0 Å². The minimum atomic E-state index is 0.257. The van der Waals surface area contributed by atoms with Gasteiger partial charge in [-0.05, 0) is 45.2 Å². The van der Waals surface area contributed by atoms with E-state index in [0.29, 0.717) is 17.0 Å². The lowest BCUT2D eigenvalue weighted by atomic mass is 10.2. The maximum absolute atomic E-state index is 12.6. The minimum Gasteiger partial charge on any atom is -0.345 e. The number of rotatable bonds is 6. The van der Waals surface area contributed by atoms with Gasteiger partial charge in [0.05, 0.1) is 5.75 Å². The summed E-state index contributed by atoms with van der Waals surface area (Å²) in [5.74, 6) is 0.804.